The molecule has 0 radical (unpaired) electrons. The van der Waals surface area contributed by atoms with Crippen molar-refractivity contribution >= 4 is 0 Å². The summed E-state index contributed by atoms with van der Waals surface area (Å²) in [6.45, 7) is 0. The van der Waals surface area contributed by atoms with E-state index in [1.165, 1.54) is 0 Å². The third kappa shape index (κ3) is 3.06. The van der Waals surface area contributed by atoms with Gasteiger partial charge in [0, 0.05) is 5.56 Å². The van der Waals surface area contributed by atoms with Crippen LogP contribution >= 0.6 is 0 Å². The SMILES string of the molecule is Oc1ccc(-c2ccccc2O)cc1.[H-].[K+]. The van der Waals surface area contributed by atoms with Crippen molar-refractivity contribution in [1.82, 2.24) is 0 Å². The minimum absolute atomic E-state index is 0. The summed E-state index contributed by atoms with van der Waals surface area (Å²) in [7, 11) is 0. The Balaban J connectivity index is 0.00000112. The van der Waals surface area contributed by atoms with Crippen molar-refractivity contribution < 1.29 is 63.0 Å². The van der Waals surface area contributed by atoms with Gasteiger partial charge in [0.05, 0.1) is 0 Å². The van der Waals surface area contributed by atoms with Crippen LogP contribution in [0.5, 0.6) is 11.5 Å². The Hall–Kier alpha value is -0.324. The fraction of sp³-hybridized carbons (Fsp3) is 0. The normalized spacial score (nSPS) is 9.33. The molecule has 0 atom stereocenters. The van der Waals surface area contributed by atoms with E-state index in [4.69, 9.17) is 5.11 Å². The van der Waals surface area contributed by atoms with Crippen LogP contribution in [-0.4, -0.2) is 10.2 Å². The Morgan fingerprint density at radius 1 is 0.800 bits per heavy atom. The van der Waals surface area contributed by atoms with E-state index in [0.29, 0.717) is 0 Å². The van der Waals surface area contributed by atoms with E-state index >= 15 is 0 Å². The van der Waals surface area contributed by atoms with Crippen LogP contribution < -0.4 is 51.4 Å². The van der Waals surface area contributed by atoms with Crippen molar-refractivity contribution in [3.63, 3.8) is 0 Å². The third-order valence-electron chi connectivity index (χ3n) is 2.08. The number of benzene rings is 2. The summed E-state index contributed by atoms with van der Waals surface area (Å²) in [6, 6.07) is 13.9. The second kappa shape index (κ2) is 5.68. The summed E-state index contributed by atoms with van der Waals surface area (Å²) in [6.07, 6.45) is 0. The first-order chi connectivity index (χ1) is 6.77. The van der Waals surface area contributed by atoms with Gasteiger partial charge in [0.2, 0.25) is 0 Å². The van der Waals surface area contributed by atoms with Crippen LogP contribution in [0.4, 0.5) is 0 Å². The van der Waals surface area contributed by atoms with Crippen LogP contribution in [0.25, 0.3) is 11.1 Å². The molecule has 3 heteroatoms. The molecule has 2 nitrogen and oxygen atoms in total. The maximum Gasteiger partial charge on any atom is 1.00 e. The van der Waals surface area contributed by atoms with Gasteiger partial charge in [-0.05, 0) is 23.8 Å². The molecule has 2 N–H and O–H groups in total. The van der Waals surface area contributed by atoms with Gasteiger partial charge in [-0.1, -0.05) is 30.3 Å². The molecular formula is C12H11KO2. The monoisotopic (exact) mass is 226 g/mol. The van der Waals surface area contributed by atoms with E-state index in [1.54, 1.807) is 36.4 Å². The van der Waals surface area contributed by atoms with E-state index in [0.717, 1.165) is 11.1 Å². The van der Waals surface area contributed by atoms with Crippen LogP contribution in [0.1, 0.15) is 1.43 Å². The zero-order valence-corrected chi connectivity index (χ0v) is 11.6. The van der Waals surface area contributed by atoms with Crippen LogP contribution in [0.3, 0.4) is 0 Å². The zero-order chi connectivity index (χ0) is 9.97. The van der Waals surface area contributed by atoms with Crippen molar-refractivity contribution in [2.75, 3.05) is 0 Å². The zero-order valence-electron chi connectivity index (χ0n) is 9.51. The summed E-state index contributed by atoms with van der Waals surface area (Å²) in [5.74, 6) is 0.474. The van der Waals surface area contributed by atoms with Crippen LogP contribution in [-0.2, 0) is 0 Å². The minimum atomic E-state index is 0. The molecule has 0 aliphatic rings. The first kappa shape index (κ1) is 12.7. The van der Waals surface area contributed by atoms with E-state index in [9.17, 15) is 5.11 Å². The molecule has 0 fully saturated rings. The van der Waals surface area contributed by atoms with Gasteiger partial charge in [-0.15, -0.1) is 0 Å². The van der Waals surface area contributed by atoms with Crippen LogP contribution in [0.2, 0.25) is 0 Å². The molecule has 0 heterocycles. The topological polar surface area (TPSA) is 40.5 Å². The first-order valence-corrected chi connectivity index (χ1v) is 4.35. The Labute approximate surface area is 132 Å². The molecule has 15 heavy (non-hydrogen) atoms. The first-order valence-electron chi connectivity index (χ1n) is 4.35. The average molecular weight is 226 g/mol. The molecule has 0 bridgehead atoms. The molecule has 2 rings (SSSR count). The number of phenols is 2. The molecule has 0 aliphatic heterocycles. The molecule has 0 saturated carbocycles. The number of phenolic OH excluding ortho intramolecular Hbond substituents is 2. The summed E-state index contributed by atoms with van der Waals surface area (Å²) in [4.78, 5) is 0. The molecular weight excluding hydrogens is 215 g/mol. The quantitative estimate of drug-likeness (QED) is 0.666. The molecule has 2 aromatic carbocycles. The summed E-state index contributed by atoms with van der Waals surface area (Å²) in [5.41, 5.74) is 1.66. The molecule has 2 aromatic rings. The van der Waals surface area contributed by atoms with Crippen molar-refractivity contribution in [2.24, 2.45) is 0 Å². The molecule has 0 saturated heterocycles. The second-order valence-corrected chi connectivity index (χ2v) is 3.06. The minimum Gasteiger partial charge on any atom is -1.00 e. The van der Waals surface area contributed by atoms with Gasteiger partial charge in [-0.3, -0.25) is 0 Å². The summed E-state index contributed by atoms with van der Waals surface area (Å²) < 4.78 is 0. The van der Waals surface area contributed by atoms with Crippen LogP contribution in [0, 0.1) is 0 Å². The van der Waals surface area contributed by atoms with Gasteiger partial charge >= 0.3 is 51.4 Å². The Morgan fingerprint density at radius 3 is 2.00 bits per heavy atom. The average Bonchev–Trinajstić information content (AvgIpc) is 2.20. The molecule has 0 aromatic heterocycles. The molecule has 0 amide bonds. The van der Waals surface area contributed by atoms with Gasteiger partial charge in [0.25, 0.3) is 0 Å². The largest absolute Gasteiger partial charge is 1.00 e. The molecule has 0 unspecified atom stereocenters. The Morgan fingerprint density at radius 2 is 1.40 bits per heavy atom. The Bertz CT molecular complexity index is 443. The van der Waals surface area contributed by atoms with Gasteiger partial charge in [0.1, 0.15) is 11.5 Å². The number of rotatable bonds is 1. The number of para-hydroxylation sites is 1. The van der Waals surface area contributed by atoms with Crippen LogP contribution in [0.15, 0.2) is 48.5 Å². The maximum atomic E-state index is 9.57. The smallest absolute Gasteiger partial charge is 1.00 e. The fourth-order valence-corrected chi connectivity index (χ4v) is 1.36. The van der Waals surface area contributed by atoms with Gasteiger partial charge in [-0.2, -0.15) is 0 Å². The van der Waals surface area contributed by atoms with Crippen molar-refractivity contribution in [1.29, 1.82) is 0 Å². The Kier molecular flexibility index (Phi) is 4.82. The van der Waals surface area contributed by atoms with Gasteiger partial charge in [-0.25, -0.2) is 0 Å². The summed E-state index contributed by atoms with van der Waals surface area (Å²) >= 11 is 0. The molecule has 0 aliphatic carbocycles. The predicted octanol–water partition coefficient (Wildman–Crippen LogP) is -0.119. The summed E-state index contributed by atoms with van der Waals surface area (Å²) in [5, 5.41) is 18.7. The fourth-order valence-electron chi connectivity index (χ4n) is 1.36. The standard InChI is InChI=1S/C12H10O2.K.H/c13-10-7-5-9(6-8-10)11-3-1-2-4-12(11)14;;/h1-8,13-14H;;/q;+1;-1. The number of aromatic hydroxyl groups is 2. The van der Waals surface area contributed by atoms with E-state index < -0.39 is 0 Å². The van der Waals surface area contributed by atoms with E-state index in [2.05, 4.69) is 0 Å². The van der Waals surface area contributed by atoms with Gasteiger partial charge in [0.15, 0.2) is 0 Å². The molecule has 72 valence electrons. The third-order valence-corrected chi connectivity index (χ3v) is 2.08. The van der Waals surface area contributed by atoms with Crippen molar-refractivity contribution in [2.45, 2.75) is 0 Å². The number of hydrogen-bond donors (Lipinski definition) is 2. The second-order valence-electron chi connectivity index (χ2n) is 3.06. The van der Waals surface area contributed by atoms with Gasteiger partial charge < -0.3 is 11.6 Å². The van der Waals surface area contributed by atoms with Crippen molar-refractivity contribution in [3.05, 3.63) is 48.5 Å². The predicted molar refractivity (Wildman–Crippen MR) is 56.3 cm³/mol. The maximum absolute atomic E-state index is 9.57. The van der Waals surface area contributed by atoms with E-state index in [1.807, 2.05) is 12.1 Å². The number of hydrogen-bond acceptors (Lipinski definition) is 2. The molecule has 0 spiro atoms. The van der Waals surface area contributed by atoms with E-state index in [-0.39, 0.29) is 64.3 Å². The van der Waals surface area contributed by atoms with Crippen molar-refractivity contribution in [3.8, 4) is 22.6 Å².